The van der Waals surface area contributed by atoms with Crippen molar-refractivity contribution in [2.45, 2.75) is 36.7 Å². The topological polar surface area (TPSA) is 81.1 Å². The van der Waals surface area contributed by atoms with Crippen LogP contribution in [0.3, 0.4) is 0 Å². The third-order valence-corrected chi connectivity index (χ3v) is 6.21. The molecule has 1 aromatic heterocycles. The molecule has 0 bridgehead atoms. The van der Waals surface area contributed by atoms with Gasteiger partial charge in [-0.15, -0.1) is 10.2 Å². The number of rotatable bonds is 6. The van der Waals surface area contributed by atoms with Crippen LogP contribution in [0.4, 0.5) is 5.69 Å². The first-order valence-corrected chi connectivity index (χ1v) is 11.0. The van der Waals surface area contributed by atoms with Crippen molar-refractivity contribution in [2.24, 2.45) is 0 Å². The minimum absolute atomic E-state index is 0.124. The second-order valence-electron chi connectivity index (χ2n) is 6.73. The highest BCUT2D eigenvalue weighted by molar-refractivity contribution is 8.00. The normalized spacial score (nSPS) is 17.7. The average Bonchev–Trinajstić information content (AvgIpc) is 3.17. The second-order valence-corrected chi connectivity index (χ2v) is 8.28. The van der Waals surface area contributed by atoms with Gasteiger partial charge in [-0.05, 0) is 48.9 Å². The predicted octanol–water partition coefficient (Wildman–Crippen LogP) is 4.29. The molecule has 1 aliphatic heterocycles. The number of amides is 1. The van der Waals surface area contributed by atoms with Crippen molar-refractivity contribution in [1.82, 2.24) is 14.9 Å². The number of carbonyl (C=O) groups is 1. The van der Waals surface area contributed by atoms with E-state index in [9.17, 15) is 4.79 Å². The number of fused-ring (bicyclic) bond motifs is 1. The van der Waals surface area contributed by atoms with Gasteiger partial charge in [0.15, 0.2) is 5.82 Å². The van der Waals surface area contributed by atoms with E-state index in [2.05, 4.69) is 20.9 Å². The highest BCUT2D eigenvalue weighted by Gasteiger charge is 2.37. The summed E-state index contributed by atoms with van der Waals surface area (Å²) in [6, 6.07) is 14.6. The molecule has 0 aliphatic carbocycles. The third-order valence-electron chi connectivity index (χ3n) is 4.74. The molecule has 2 N–H and O–H groups in total. The van der Waals surface area contributed by atoms with Gasteiger partial charge < -0.3 is 15.5 Å². The highest BCUT2D eigenvalue weighted by atomic mass is 35.5. The van der Waals surface area contributed by atoms with Gasteiger partial charge in [0.25, 0.3) is 0 Å². The molecular formula is C21H22ClN5O2S. The Kier molecular flexibility index (Phi) is 6.15. The molecule has 156 valence electrons. The molecule has 3 aromatic rings. The number of nitrogens with one attached hydrogen (secondary N) is 2. The van der Waals surface area contributed by atoms with Gasteiger partial charge in [-0.1, -0.05) is 42.4 Å². The van der Waals surface area contributed by atoms with Crippen molar-refractivity contribution in [1.29, 1.82) is 0 Å². The van der Waals surface area contributed by atoms with E-state index in [1.165, 1.54) is 11.8 Å². The minimum atomic E-state index is -0.444. The molecule has 2 atom stereocenters. The van der Waals surface area contributed by atoms with Crippen LogP contribution in [-0.4, -0.2) is 32.6 Å². The second kappa shape index (κ2) is 8.97. The Morgan fingerprint density at radius 1 is 1.17 bits per heavy atom. The van der Waals surface area contributed by atoms with Crippen LogP contribution in [0.2, 0.25) is 5.02 Å². The van der Waals surface area contributed by atoms with Crippen molar-refractivity contribution >= 4 is 35.0 Å². The lowest BCUT2D eigenvalue weighted by molar-refractivity contribution is -0.116. The van der Waals surface area contributed by atoms with E-state index in [0.29, 0.717) is 22.5 Å². The van der Waals surface area contributed by atoms with Crippen molar-refractivity contribution in [2.75, 3.05) is 17.3 Å². The fraction of sp³-hybridized carbons (Fsp3) is 0.286. The van der Waals surface area contributed by atoms with Crippen LogP contribution in [0.5, 0.6) is 5.75 Å². The highest BCUT2D eigenvalue weighted by Crippen LogP contribution is 2.38. The van der Waals surface area contributed by atoms with Gasteiger partial charge in [-0.3, -0.25) is 4.79 Å². The first kappa shape index (κ1) is 20.6. The first-order chi connectivity index (χ1) is 14.6. The molecule has 30 heavy (non-hydrogen) atoms. The Morgan fingerprint density at radius 2 is 1.90 bits per heavy atom. The number of aromatic nitrogens is 3. The summed E-state index contributed by atoms with van der Waals surface area (Å²) in [5.74, 6) is 1.50. The maximum atomic E-state index is 13.2. The summed E-state index contributed by atoms with van der Waals surface area (Å²) < 4.78 is 7.42. The number of hydrogen-bond donors (Lipinski definition) is 2. The van der Waals surface area contributed by atoms with Crippen molar-refractivity contribution in [3.63, 3.8) is 0 Å². The van der Waals surface area contributed by atoms with Gasteiger partial charge in [0.05, 0.1) is 12.6 Å². The summed E-state index contributed by atoms with van der Waals surface area (Å²) >= 11 is 7.35. The summed E-state index contributed by atoms with van der Waals surface area (Å²) in [5, 5.41) is 12.3. The number of hydrogen-bond acceptors (Lipinski definition) is 6. The molecule has 0 saturated carbocycles. The van der Waals surface area contributed by atoms with E-state index in [1.807, 2.05) is 42.8 Å². The minimum Gasteiger partial charge on any atom is -0.494 e. The van der Waals surface area contributed by atoms with Crippen LogP contribution in [0.25, 0.3) is 0 Å². The monoisotopic (exact) mass is 443 g/mol. The molecule has 0 saturated heterocycles. The zero-order valence-electron chi connectivity index (χ0n) is 16.6. The Balaban J connectivity index is 1.64. The Labute approximate surface area is 184 Å². The van der Waals surface area contributed by atoms with Crippen LogP contribution in [-0.2, 0) is 11.2 Å². The fourth-order valence-electron chi connectivity index (χ4n) is 3.26. The van der Waals surface area contributed by atoms with E-state index in [1.54, 1.807) is 24.3 Å². The average molecular weight is 444 g/mol. The van der Waals surface area contributed by atoms with Crippen LogP contribution in [0.15, 0.2) is 53.7 Å². The molecule has 4 rings (SSSR count). The zero-order chi connectivity index (χ0) is 21.1. The summed E-state index contributed by atoms with van der Waals surface area (Å²) in [6.45, 7) is 4.58. The number of halogens is 1. The van der Waals surface area contributed by atoms with Crippen molar-refractivity contribution in [3.05, 3.63) is 64.9 Å². The number of anilines is 1. The van der Waals surface area contributed by atoms with Crippen LogP contribution in [0, 0.1) is 0 Å². The number of aryl methyl sites for hydroxylation is 1. The Morgan fingerprint density at radius 3 is 2.57 bits per heavy atom. The first-order valence-electron chi connectivity index (χ1n) is 9.75. The van der Waals surface area contributed by atoms with Gasteiger partial charge in [-0.25, -0.2) is 4.68 Å². The zero-order valence-corrected chi connectivity index (χ0v) is 18.2. The van der Waals surface area contributed by atoms with Gasteiger partial charge in [0, 0.05) is 17.1 Å². The molecule has 9 heteroatoms. The van der Waals surface area contributed by atoms with E-state index in [0.717, 1.165) is 23.6 Å². The molecule has 2 heterocycles. The Bertz CT molecular complexity index is 1020. The van der Waals surface area contributed by atoms with Crippen molar-refractivity contribution < 1.29 is 9.53 Å². The van der Waals surface area contributed by atoms with Crippen molar-refractivity contribution in [3.8, 4) is 5.75 Å². The number of thioether (sulfide) groups is 1. The van der Waals surface area contributed by atoms with Gasteiger partial charge in [-0.2, -0.15) is 0 Å². The summed E-state index contributed by atoms with van der Waals surface area (Å²) in [5.41, 5.74) is 5.11. The Hall–Kier alpha value is -2.71. The quantitative estimate of drug-likeness (QED) is 0.591. The number of carbonyl (C=O) groups excluding carboxylic acids is 1. The van der Waals surface area contributed by atoms with Gasteiger partial charge >= 0.3 is 0 Å². The maximum absolute atomic E-state index is 13.2. The smallest absolute Gasteiger partial charge is 0.240 e. The van der Waals surface area contributed by atoms with Gasteiger partial charge in [0.2, 0.25) is 11.1 Å². The SMILES string of the molecule is CCOc1ccc([C@@H]2Nn3c(CC)nnc3S[C@@H]2C(=O)Nc2ccc(Cl)cc2)cc1. The van der Waals surface area contributed by atoms with E-state index in [4.69, 9.17) is 16.3 Å². The number of ether oxygens (including phenoxy) is 1. The molecule has 0 spiro atoms. The molecule has 7 nitrogen and oxygen atoms in total. The molecule has 2 aromatic carbocycles. The number of benzene rings is 2. The molecular weight excluding hydrogens is 422 g/mol. The van der Waals surface area contributed by atoms with E-state index >= 15 is 0 Å². The lowest BCUT2D eigenvalue weighted by Gasteiger charge is -2.33. The van der Waals surface area contributed by atoms with Gasteiger partial charge in [0.1, 0.15) is 11.0 Å². The lowest BCUT2D eigenvalue weighted by Crippen LogP contribution is -2.41. The summed E-state index contributed by atoms with van der Waals surface area (Å²) in [4.78, 5) is 13.2. The third kappa shape index (κ3) is 4.24. The molecule has 1 amide bonds. The number of nitrogens with zero attached hydrogens (tertiary/aromatic N) is 3. The molecule has 0 unspecified atom stereocenters. The van der Waals surface area contributed by atoms with Crippen LogP contribution in [0.1, 0.15) is 31.3 Å². The molecule has 0 radical (unpaired) electrons. The molecule has 1 aliphatic rings. The molecule has 0 fully saturated rings. The largest absolute Gasteiger partial charge is 0.494 e. The standard InChI is InChI=1S/C21H22ClN5O2S/c1-3-17-24-25-21-27(17)26-18(13-5-11-16(12-6-13)29-4-2)19(30-21)20(28)23-15-9-7-14(22)8-10-15/h5-12,18-19,26H,3-4H2,1-2H3,(H,23,28)/t18-,19-/m0/s1. The van der Waals surface area contributed by atoms with Crippen LogP contribution < -0.4 is 15.5 Å². The maximum Gasteiger partial charge on any atom is 0.240 e. The predicted molar refractivity (Wildman–Crippen MR) is 119 cm³/mol. The fourth-order valence-corrected chi connectivity index (χ4v) is 4.49. The summed E-state index contributed by atoms with van der Waals surface area (Å²) in [6.07, 6.45) is 0.734. The van der Waals surface area contributed by atoms with Crippen LogP contribution >= 0.6 is 23.4 Å². The van der Waals surface area contributed by atoms with E-state index < -0.39 is 5.25 Å². The van der Waals surface area contributed by atoms with E-state index in [-0.39, 0.29) is 11.9 Å². The summed E-state index contributed by atoms with van der Waals surface area (Å²) in [7, 11) is 0. The lowest BCUT2D eigenvalue weighted by atomic mass is 10.0.